The summed E-state index contributed by atoms with van der Waals surface area (Å²) in [6, 6.07) is 15.1. The number of nitrogens with zero attached hydrogens (tertiary/aromatic N) is 2. The molecule has 0 spiro atoms. The fourth-order valence-corrected chi connectivity index (χ4v) is 3.90. The van der Waals surface area contributed by atoms with Gasteiger partial charge in [-0.05, 0) is 49.1 Å². The lowest BCUT2D eigenvalue weighted by Gasteiger charge is -2.19. The Hall–Kier alpha value is -3.15. The van der Waals surface area contributed by atoms with E-state index < -0.39 is 11.8 Å². The lowest BCUT2D eigenvalue weighted by Crippen LogP contribution is -2.42. The van der Waals surface area contributed by atoms with Crippen LogP contribution in [0, 0.1) is 12.8 Å². The molecule has 0 bridgehead atoms. The Morgan fingerprint density at radius 1 is 1.07 bits per heavy atom. The average molecular weight is 377 g/mol. The highest BCUT2D eigenvalue weighted by Crippen LogP contribution is 2.24. The van der Waals surface area contributed by atoms with Crippen molar-refractivity contribution in [3.05, 3.63) is 65.2 Å². The zero-order valence-corrected chi connectivity index (χ0v) is 15.9. The van der Waals surface area contributed by atoms with Gasteiger partial charge in [0.05, 0.1) is 11.1 Å². The Labute approximate surface area is 164 Å². The van der Waals surface area contributed by atoms with Gasteiger partial charge in [-0.1, -0.05) is 24.3 Å². The van der Waals surface area contributed by atoms with Crippen molar-refractivity contribution in [1.82, 2.24) is 10.2 Å². The number of amides is 3. The molecule has 3 amide bonds. The Bertz CT molecular complexity index is 905. The van der Waals surface area contributed by atoms with Gasteiger partial charge in [0.2, 0.25) is 5.91 Å². The van der Waals surface area contributed by atoms with Crippen molar-refractivity contribution in [3.63, 3.8) is 0 Å². The highest BCUT2D eigenvalue weighted by Gasteiger charge is 2.36. The third-order valence-corrected chi connectivity index (χ3v) is 5.42. The lowest BCUT2D eigenvalue weighted by molar-refractivity contribution is -0.121. The molecule has 0 aliphatic carbocycles. The van der Waals surface area contributed by atoms with Crippen molar-refractivity contribution in [2.75, 3.05) is 31.1 Å². The van der Waals surface area contributed by atoms with Gasteiger partial charge in [0.15, 0.2) is 0 Å². The fourth-order valence-electron chi connectivity index (χ4n) is 3.90. The number of hydrogen-bond acceptors (Lipinski definition) is 4. The van der Waals surface area contributed by atoms with E-state index >= 15 is 0 Å². The molecule has 6 heteroatoms. The average Bonchev–Trinajstić information content (AvgIpc) is 3.26. The van der Waals surface area contributed by atoms with E-state index in [2.05, 4.69) is 41.4 Å². The SMILES string of the molecule is Cc1cccc(N2CCC(CNC(=O)CN3C(=O)c4ccccc4C3=O)C2)c1. The topological polar surface area (TPSA) is 69.7 Å². The van der Waals surface area contributed by atoms with Gasteiger partial charge in [0.1, 0.15) is 6.54 Å². The number of carbonyl (C=O) groups excluding carboxylic acids is 3. The van der Waals surface area contributed by atoms with E-state index in [-0.39, 0.29) is 12.5 Å². The van der Waals surface area contributed by atoms with Gasteiger partial charge in [-0.3, -0.25) is 19.3 Å². The normalized spacial score (nSPS) is 18.5. The van der Waals surface area contributed by atoms with Crippen molar-refractivity contribution >= 4 is 23.4 Å². The maximum Gasteiger partial charge on any atom is 0.262 e. The second kappa shape index (κ2) is 7.46. The first-order valence-corrected chi connectivity index (χ1v) is 9.56. The van der Waals surface area contributed by atoms with Crippen LogP contribution < -0.4 is 10.2 Å². The first-order chi connectivity index (χ1) is 13.5. The van der Waals surface area contributed by atoms with Crippen LogP contribution in [0.2, 0.25) is 0 Å². The summed E-state index contributed by atoms with van der Waals surface area (Å²) in [6.45, 7) is 4.24. The van der Waals surface area contributed by atoms with Crippen LogP contribution in [-0.2, 0) is 4.79 Å². The number of carbonyl (C=O) groups is 3. The minimum absolute atomic E-state index is 0.235. The summed E-state index contributed by atoms with van der Waals surface area (Å²) >= 11 is 0. The molecule has 1 atom stereocenters. The van der Waals surface area contributed by atoms with Gasteiger partial charge in [-0.2, -0.15) is 0 Å². The molecule has 28 heavy (non-hydrogen) atoms. The van der Waals surface area contributed by atoms with Gasteiger partial charge >= 0.3 is 0 Å². The quantitative estimate of drug-likeness (QED) is 0.812. The van der Waals surface area contributed by atoms with Crippen molar-refractivity contribution in [1.29, 1.82) is 0 Å². The Kier molecular flexibility index (Phi) is 4.86. The molecule has 2 aliphatic rings. The van der Waals surface area contributed by atoms with Crippen LogP contribution >= 0.6 is 0 Å². The van der Waals surface area contributed by atoms with Gasteiger partial charge in [0, 0.05) is 25.3 Å². The number of aryl methyl sites for hydroxylation is 1. The molecule has 2 aromatic carbocycles. The van der Waals surface area contributed by atoms with Crippen LogP contribution in [0.1, 0.15) is 32.7 Å². The minimum Gasteiger partial charge on any atom is -0.371 e. The van der Waals surface area contributed by atoms with E-state index in [0.29, 0.717) is 23.6 Å². The largest absolute Gasteiger partial charge is 0.371 e. The molecule has 0 saturated carbocycles. The molecule has 2 aliphatic heterocycles. The molecule has 2 aromatic rings. The van der Waals surface area contributed by atoms with Crippen LogP contribution in [0.15, 0.2) is 48.5 Å². The van der Waals surface area contributed by atoms with Crippen molar-refractivity contribution in [3.8, 4) is 0 Å². The van der Waals surface area contributed by atoms with E-state index in [4.69, 9.17) is 0 Å². The maximum absolute atomic E-state index is 12.3. The molecule has 0 radical (unpaired) electrons. The van der Waals surface area contributed by atoms with Crippen LogP contribution in [0.5, 0.6) is 0 Å². The van der Waals surface area contributed by atoms with Gasteiger partial charge in [0.25, 0.3) is 11.8 Å². The summed E-state index contributed by atoms with van der Waals surface area (Å²) < 4.78 is 0. The predicted molar refractivity (Wildman–Crippen MR) is 106 cm³/mol. The third kappa shape index (κ3) is 3.50. The number of fused-ring (bicyclic) bond motifs is 1. The van der Waals surface area contributed by atoms with Crippen molar-refractivity contribution < 1.29 is 14.4 Å². The summed E-state index contributed by atoms with van der Waals surface area (Å²) in [6.07, 6.45) is 1.00. The molecule has 144 valence electrons. The van der Waals surface area contributed by atoms with E-state index in [9.17, 15) is 14.4 Å². The zero-order chi connectivity index (χ0) is 19.7. The van der Waals surface area contributed by atoms with Crippen LogP contribution in [0.25, 0.3) is 0 Å². The Morgan fingerprint density at radius 3 is 2.46 bits per heavy atom. The highest BCUT2D eigenvalue weighted by atomic mass is 16.2. The molecular formula is C22H23N3O3. The number of hydrogen-bond donors (Lipinski definition) is 1. The summed E-state index contributed by atoms with van der Waals surface area (Å²) in [7, 11) is 0. The Morgan fingerprint density at radius 2 is 1.79 bits per heavy atom. The molecule has 1 N–H and O–H groups in total. The van der Waals surface area contributed by atoms with E-state index in [1.165, 1.54) is 11.3 Å². The lowest BCUT2D eigenvalue weighted by atomic mass is 10.1. The standard InChI is InChI=1S/C22H23N3O3/c1-15-5-4-6-17(11-15)24-10-9-16(13-24)12-23-20(26)14-25-21(27)18-7-2-3-8-19(18)22(25)28/h2-8,11,16H,9-10,12-14H2,1H3,(H,23,26). The van der Waals surface area contributed by atoms with Crippen LogP contribution in [0.4, 0.5) is 5.69 Å². The fraction of sp³-hybridized carbons (Fsp3) is 0.318. The van der Waals surface area contributed by atoms with Crippen molar-refractivity contribution in [2.24, 2.45) is 5.92 Å². The maximum atomic E-state index is 12.3. The van der Waals surface area contributed by atoms with Gasteiger partial charge in [-0.25, -0.2) is 0 Å². The second-order valence-corrected chi connectivity index (χ2v) is 7.49. The molecular weight excluding hydrogens is 354 g/mol. The monoisotopic (exact) mass is 377 g/mol. The minimum atomic E-state index is -0.401. The Balaban J connectivity index is 1.29. The first kappa shape index (κ1) is 18.2. The molecule has 2 heterocycles. The zero-order valence-electron chi connectivity index (χ0n) is 15.9. The highest BCUT2D eigenvalue weighted by molar-refractivity contribution is 6.22. The van der Waals surface area contributed by atoms with Gasteiger partial charge < -0.3 is 10.2 Å². The predicted octanol–water partition coefficient (Wildman–Crippen LogP) is 2.23. The smallest absolute Gasteiger partial charge is 0.262 e. The number of nitrogens with one attached hydrogen (secondary N) is 1. The third-order valence-electron chi connectivity index (χ3n) is 5.42. The van der Waals surface area contributed by atoms with E-state index in [0.717, 1.165) is 24.4 Å². The molecule has 1 saturated heterocycles. The van der Waals surface area contributed by atoms with Crippen molar-refractivity contribution in [2.45, 2.75) is 13.3 Å². The summed E-state index contributed by atoms with van der Waals surface area (Å²) in [5.41, 5.74) is 3.17. The molecule has 0 aromatic heterocycles. The van der Waals surface area contributed by atoms with Crippen LogP contribution in [0.3, 0.4) is 0 Å². The van der Waals surface area contributed by atoms with Gasteiger partial charge in [-0.15, -0.1) is 0 Å². The first-order valence-electron chi connectivity index (χ1n) is 9.56. The number of rotatable bonds is 5. The molecule has 6 nitrogen and oxygen atoms in total. The number of benzene rings is 2. The summed E-state index contributed by atoms with van der Waals surface area (Å²) in [5.74, 6) is -0.750. The molecule has 1 fully saturated rings. The van der Waals surface area contributed by atoms with E-state index in [1.54, 1.807) is 24.3 Å². The summed E-state index contributed by atoms with van der Waals surface area (Å²) in [4.78, 5) is 40.4. The van der Waals surface area contributed by atoms with Crippen LogP contribution in [-0.4, -0.2) is 48.8 Å². The summed E-state index contributed by atoms with van der Waals surface area (Å²) in [5, 5.41) is 2.89. The number of anilines is 1. The van der Waals surface area contributed by atoms with E-state index in [1.807, 2.05) is 0 Å². The molecule has 1 unspecified atom stereocenters. The molecule has 4 rings (SSSR count). The second-order valence-electron chi connectivity index (χ2n) is 7.49. The number of imide groups is 1.